The fourth-order valence-corrected chi connectivity index (χ4v) is 20.3. The van der Waals surface area contributed by atoms with E-state index >= 15 is 0 Å². The van der Waals surface area contributed by atoms with Crippen molar-refractivity contribution in [2.45, 2.75) is 165 Å². The van der Waals surface area contributed by atoms with Crippen LogP contribution in [0.2, 0.25) is 45.3 Å². The number of hydrogen-bond acceptors (Lipinski definition) is 22. The van der Waals surface area contributed by atoms with Crippen LogP contribution in [-0.2, 0) is 27.2 Å². The number of nitrogens with one attached hydrogen (secondary N) is 6. The van der Waals surface area contributed by atoms with Crippen LogP contribution in [0.1, 0.15) is 162 Å². The molecule has 0 aliphatic rings. The van der Waals surface area contributed by atoms with Crippen molar-refractivity contribution in [3.8, 4) is 0 Å². The number of unbranched alkanes of at least 4 members (excludes halogenated alkanes) is 5. The summed E-state index contributed by atoms with van der Waals surface area (Å²) in [6.07, 6.45) is 10.1. The van der Waals surface area contributed by atoms with Crippen molar-refractivity contribution in [2.24, 2.45) is 0 Å². The highest BCUT2D eigenvalue weighted by Crippen LogP contribution is 2.25. The van der Waals surface area contributed by atoms with Gasteiger partial charge in [0.25, 0.3) is 0 Å². The third kappa shape index (κ3) is 28.8. The molecule has 2 heterocycles. The number of benzene rings is 4. The van der Waals surface area contributed by atoms with Crippen molar-refractivity contribution < 1.29 is 46.4 Å². The first kappa shape index (κ1) is 76.4. The van der Waals surface area contributed by atoms with E-state index in [0.29, 0.717) is 114 Å². The summed E-state index contributed by atoms with van der Waals surface area (Å²) in [5.41, 5.74) is 4.72. The van der Waals surface area contributed by atoms with Crippen LogP contribution < -0.4 is 31.9 Å². The van der Waals surface area contributed by atoms with Gasteiger partial charge in [-0.1, -0.05) is 81.6 Å². The predicted octanol–water partition coefficient (Wildman–Crippen LogP) is 15.8. The summed E-state index contributed by atoms with van der Waals surface area (Å²) in [6.45, 7) is 26.4. The fraction of sp³-hybridized carbons (Fsp3) is 0.477. The zero-order chi connectivity index (χ0) is 63.7. The molecule has 6 rings (SSSR count). The maximum Gasteiger partial charge on any atom is 0.338 e. The second kappa shape index (κ2) is 40.7. The van der Waals surface area contributed by atoms with E-state index in [4.69, 9.17) is 27.2 Å². The van der Waals surface area contributed by atoms with Gasteiger partial charge in [0.1, 0.15) is 0 Å². The van der Waals surface area contributed by atoms with Crippen LogP contribution in [0.5, 0.6) is 0 Å². The molecular weight excluding hydrogens is 1190 g/mol. The topological polar surface area (TPSA) is 273 Å². The van der Waals surface area contributed by atoms with Crippen molar-refractivity contribution in [1.82, 2.24) is 29.9 Å². The Kier molecular flexibility index (Phi) is 34.6. The minimum atomic E-state index is -2.15. The van der Waals surface area contributed by atoms with E-state index in [1.807, 2.05) is 27.7 Å². The lowest BCUT2D eigenvalue weighted by molar-refractivity contribution is 0.0490. The van der Waals surface area contributed by atoms with Crippen molar-refractivity contribution in [2.75, 3.05) is 71.4 Å². The van der Waals surface area contributed by atoms with Crippen molar-refractivity contribution in [3.63, 3.8) is 0 Å². The Bertz CT molecular complexity index is 2900. The highest BCUT2D eigenvalue weighted by Gasteiger charge is 2.35. The van der Waals surface area contributed by atoms with Gasteiger partial charge in [0.05, 0.1) is 48.7 Å². The summed E-state index contributed by atoms with van der Waals surface area (Å²) in [7, 11) is -5.26. The minimum Gasteiger partial charge on any atom is -0.462 e. The van der Waals surface area contributed by atoms with Gasteiger partial charge in [0.15, 0.2) is 17.4 Å². The van der Waals surface area contributed by atoms with Crippen LogP contribution in [0.25, 0.3) is 0 Å². The molecule has 492 valence electrons. The summed E-state index contributed by atoms with van der Waals surface area (Å²) >= 11 is 0. The molecule has 4 aromatic carbocycles. The molecule has 22 nitrogen and oxygen atoms in total. The Morgan fingerprint density at radius 2 is 0.644 bits per heavy atom. The SMILES string of the molecule is C.C.CCCCNc1nc(Nc2ccc(C(=O)OCCCC)cc2)nc(Nc2ccc(C(=O)OCCCC)cc2)n1.CCCCOC(=O)c1ccc(Nc2nc(NCCC[Si](C)(C)O[Si](C)(C)O[SiH](C)C)nc(Nc3ccc(C(=O)OCCCC)cc3)n2)cc1. The summed E-state index contributed by atoms with van der Waals surface area (Å²) in [6, 6.07) is 28.8. The monoisotopic (exact) mass is 1290 g/mol. The van der Waals surface area contributed by atoms with Gasteiger partial charge in [-0.3, -0.25) is 0 Å². The number of rotatable bonds is 37. The fourth-order valence-electron chi connectivity index (χ4n) is 8.38. The quantitative estimate of drug-likeness (QED) is 0.00915. The minimum absolute atomic E-state index is 0. The van der Waals surface area contributed by atoms with Crippen molar-refractivity contribution >= 4 is 108 Å². The molecule has 0 bridgehead atoms. The van der Waals surface area contributed by atoms with E-state index in [0.717, 1.165) is 83.2 Å². The number of hydrogen-bond donors (Lipinski definition) is 6. The lowest BCUT2D eigenvalue weighted by atomic mass is 10.2. The van der Waals surface area contributed by atoms with E-state index in [-0.39, 0.29) is 38.7 Å². The first-order valence-electron chi connectivity index (χ1n) is 30.9. The number of nitrogens with zero attached hydrogens (tertiary/aromatic N) is 6. The molecule has 0 saturated carbocycles. The molecule has 0 unspecified atom stereocenters. The number of carbonyl (C=O) groups excluding carboxylic acids is 4. The molecule has 0 spiro atoms. The largest absolute Gasteiger partial charge is 0.462 e. The Labute approximate surface area is 538 Å². The molecule has 90 heavy (non-hydrogen) atoms. The second-order valence-electron chi connectivity index (χ2n) is 22.1. The van der Waals surface area contributed by atoms with E-state index in [9.17, 15) is 19.2 Å². The molecule has 0 fully saturated rings. The molecule has 6 aromatic rings. The zero-order valence-electron chi connectivity index (χ0n) is 53.3. The Morgan fingerprint density at radius 3 is 0.900 bits per heavy atom. The highest BCUT2D eigenvalue weighted by molar-refractivity contribution is 6.84. The smallest absolute Gasteiger partial charge is 0.338 e. The molecule has 0 amide bonds. The normalized spacial score (nSPS) is 10.9. The van der Waals surface area contributed by atoms with Crippen molar-refractivity contribution in [3.05, 3.63) is 119 Å². The first-order chi connectivity index (χ1) is 42.3. The number of anilines is 10. The number of aromatic nitrogens is 6. The number of carbonyl (C=O) groups is 4. The Balaban J connectivity index is 0.000000471. The van der Waals surface area contributed by atoms with Crippen LogP contribution in [0, 0.1) is 0 Å². The average molecular weight is 1290 g/mol. The first-order valence-corrected chi connectivity index (χ1v) is 39.6. The van der Waals surface area contributed by atoms with Gasteiger partial charge >= 0.3 is 32.4 Å². The number of esters is 4. The average Bonchev–Trinajstić information content (AvgIpc) is 3.56. The zero-order valence-corrected chi connectivity index (χ0v) is 56.5. The molecule has 6 N–H and O–H groups in total. The van der Waals surface area contributed by atoms with Gasteiger partial charge in [-0.05, 0) is 181 Å². The molecule has 0 aliphatic heterocycles. The van der Waals surface area contributed by atoms with E-state index < -0.39 is 25.9 Å². The van der Waals surface area contributed by atoms with Crippen LogP contribution in [0.15, 0.2) is 97.1 Å². The second-order valence-corrected chi connectivity index (χ2v) is 32.8. The standard InChI is InChI=1S/C34H54N6O6Si3.C29H38N6O4.2CH4/c1-9-11-23-43-30(41)26-14-18-28(19-15-26)36-33-38-32(35-22-13-25-48(5,6)46-49(7,8)45-47(3)4)39-34(40-33)37-29-20-16-27(17-21-29)31(42)44-24-12-10-2;1-4-7-18-30-27-33-28(31-23-14-10-21(11-15-23)25(36)38-19-8-5-2)35-29(34-27)32-24-16-12-22(13-17-24)26(37)39-20-9-6-3;;/h14-21,47H,9-13,22-25H2,1-8H3,(H3,35,36,37,38,39,40);10-17H,4-9,18-20H2,1-3H3,(H3,30,31,32,33,34,35);2*1H4. The Morgan fingerprint density at radius 1 is 0.389 bits per heavy atom. The van der Waals surface area contributed by atoms with Gasteiger partial charge in [-0.25, -0.2) is 19.2 Å². The lowest BCUT2D eigenvalue weighted by Gasteiger charge is -2.34. The maximum atomic E-state index is 12.3. The predicted molar refractivity (Wildman–Crippen MR) is 370 cm³/mol. The summed E-state index contributed by atoms with van der Waals surface area (Å²) in [4.78, 5) is 76.3. The third-order valence-electron chi connectivity index (χ3n) is 12.8. The highest BCUT2D eigenvalue weighted by atomic mass is 28.5. The van der Waals surface area contributed by atoms with Gasteiger partial charge in [-0.15, -0.1) is 0 Å². The van der Waals surface area contributed by atoms with Crippen LogP contribution in [0.4, 0.5) is 58.4 Å². The maximum absolute atomic E-state index is 12.3. The van der Waals surface area contributed by atoms with E-state index in [1.54, 1.807) is 97.1 Å². The Hall–Kier alpha value is -7.85. The van der Waals surface area contributed by atoms with Crippen LogP contribution >= 0.6 is 0 Å². The number of ether oxygens (including phenoxy) is 4. The van der Waals surface area contributed by atoms with Crippen molar-refractivity contribution in [1.29, 1.82) is 0 Å². The summed E-state index contributed by atoms with van der Waals surface area (Å²) in [5, 5.41) is 19.4. The molecule has 0 radical (unpaired) electrons. The molecule has 0 saturated heterocycles. The van der Waals surface area contributed by atoms with E-state index in [1.165, 1.54) is 0 Å². The molecular formula is C65H100N12O10Si3. The van der Waals surface area contributed by atoms with Gasteiger partial charge < -0.3 is 59.1 Å². The van der Waals surface area contributed by atoms with E-state index in [2.05, 4.69) is 108 Å². The van der Waals surface area contributed by atoms with Crippen LogP contribution in [-0.4, -0.2) is 119 Å². The van der Waals surface area contributed by atoms with Gasteiger partial charge in [-0.2, -0.15) is 29.9 Å². The lowest BCUT2D eigenvalue weighted by Crippen LogP contribution is -2.48. The molecule has 2 aromatic heterocycles. The third-order valence-corrected chi connectivity index (χ3v) is 22.7. The summed E-state index contributed by atoms with van der Waals surface area (Å²) < 4.78 is 34.0. The van der Waals surface area contributed by atoms with Gasteiger partial charge in [0.2, 0.25) is 35.7 Å². The summed E-state index contributed by atoms with van der Waals surface area (Å²) in [5.74, 6) is 0.735. The molecule has 0 atom stereocenters. The van der Waals surface area contributed by atoms with Crippen LogP contribution in [0.3, 0.4) is 0 Å². The molecule has 0 aliphatic carbocycles. The molecule has 25 heteroatoms. The van der Waals surface area contributed by atoms with Gasteiger partial charge in [0, 0.05) is 35.8 Å².